The Morgan fingerprint density at radius 2 is 1.76 bits per heavy atom. The van der Waals surface area contributed by atoms with Crippen LogP contribution in [0.1, 0.15) is 76.7 Å². The van der Waals surface area contributed by atoms with Crippen molar-refractivity contribution in [3.63, 3.8) is 0 Å². The molecule has 2 N–H and O–H groups in total. The minimum absolute atomic E-state index is 0.0222. The molecule has 0 aliphatic rings. The monoisotopic (exact) mass is 348 g/mol. The zero-order chi connectivity index (χ0) is 18.7. The van der Waals surface area contributed by atoms with Crippen molar-refractivity contribution in [2.75, 3.05) is 0 Å². The predicted molar refractivity (Wildman–Crippen MR) is 101 cm³/mol. The smallest absolute Gasteiger partial charge is 0.330 e. The summed E-state index contributed by atoms with van der Waals surface area (Å²) in [5.41, 5.74) is 0.866. The van der Waals surface area contributed by atoms with Crippen molar-refractivity contribution in [3.8, 4) is 11.5 Å². The van der Waals surface area contributed by atoms with Crippen LogP contribution in [0.3, 0.4) is 0 Å². The first-order chi connectivity index (χ1) is 12.0. The number of unbranched alkanes of at least 4 members (excludes halogenated alkanes) is 6. The molecule has 1 rings (SSSR count). The van der Waals surface area contributed by atoms with Crippen molar-refractivity contribution in [2.45, 2.75) is 77.2 Å². The third-order valence-electron chi connectivity index (χ3n) is 4.58. The number of rotatable bonds is 12. The van der Waals surface area contributed by atoms with Crippen LogP contribution in [0.4, 0.5) is 0 Å². The Balaban J connectivity index is 2.66. The molecule has 0 fully saturated rings. The van der Waals surface area contributed by atoms with Crippen LogP contribution in [0.2, 0.25) is 0 Å². The highest BCUT2D eigenvalue weighted by Crippen LogP contribution is 2.34. The molecule has 1 aromatic rings. The number of hydrogen-bond donors (Lipinski definition) is 2. The van der Waals surface area contributed by atoms with E-state index in [9.17, 15) is 15.0 Å². The summed E-state index contributed by atoms with van der Waals surface area (Å²) in [4.78, 5) is 11.5. The Labute approximate surface area is 151 Å². The molecule has 0 spiro atoms. The predicted octanol–water partition coefficient (Wildman–Crippen LogP) is 5.44. The van der Waals surface area contributed by atoms with E-state index in [2.05, 4.69) is 13.5 Å². The van der Waals surface area contributed by atoms with Gasteiger partial charge in [-0.3, -0.25) is 0 Å². The van der Waals surface area contributed by atoms with Crippen LogP contribution in [-0.4, -0.2) is 22.3 Å². The van der Waals surface area contributed by atoms with Crippen LogP contribution in [0.25, 0.3) is 0 Å². The minimum atomic E-state index is -0.444. The van der Waals surface area contributed by atoms with E-state index in [1.54, 1.807) is 12.1 Å². The van der Waals surface area contributed by atoms with E-state index in [0.29, 0.717) is 0 Å². The van der Waals surface area contributed by atoms with Gasteiger partial charge in [0.15, 0.2) is 11.5 Å². The van der Waals surface area contributed by atoms with Crippen molar-refractivity contribution < 1.29 is 19.7 Å². The molecule has 0 bridgehead atoms. The quantitative estimate of drug-likeness (QED) is 0.228. The summed E-state index contributed by atoms with van der Waals surface area (Å²) in [6, 6.07) is 4.81. The van der Waals surface area contributed by atoms with Crippen LogP contribution in [0.15, 0.2) is 30.9 Å². The lowest BCUT2D eigenvalue weighted by Gasteiger charge is -2.24. The first-order valence-corrected chi connectivity index (χ1v) is 9.34. The number of aromatic hydroxyl groups is 2. The molecule has 0 radical (unpaired) electrons. The molecule has 0 heterocycles. The Hall–Kier alpha value is -1.97. The fourth-order valence-electron chi connectivity index (χ4n) is 3.08. The Bertz CT molecular complexity index is 539. The number of ether oxygens (including phenoxy) is 1. The topological polar surface area (TPSA) is 66.8 Å². The number of carbonyl (C=O) groups excluding carboxylic acids is 1. The molecule has 0 aliphatic heterocycles. The van der Waals surface area contributed by atoms with Crippen LogP contribution in [0, 0.1) is 0 Å². The Kier molecular flexibility index (Phi) is 9.75. The summed E-state index contributed by atoms with van der Waals surface area (Å²) in [6.07, 6.45) is 10.2. The van der Waals surface area contributed by atoms with E-state index < -0.39 is 5.97 Å². The van der Waals surface area contributed by atoms with Gasteiger partial charge in [-0.1, -0.05) is 64.5 Å². The van der Waals surface area contributed by atoms with Crippen LogP contribution in [-0.2, 0) is 9.53 Å². The summed E-state index contributed by atoms with van der Waals surface area (Å²) < 4.78 is 5.40. The summed E-state index contributed by atoms with van der Waals surface area (Å²) in [6.45, 7) is 7.51. The van der Waals surface area contributed by atoms with Gasteiger partial charge in [0, 0.05) is 12.0 Å². The van der Waals surface area contributed by atoms with Gasteiger partial charge in [-0.15, -0.1) is 0 Å². The average Bonchev–Trinajstić information content (AvgIpc) is 2.59. The SMILES string of the molecule is C=CC(=O)OC(C)C(CCCCCCCCC)c1ccc(O)c(O)c1. The van der Waals surface area contributed by atoms with Crippen LogP contribution in [0.5, 0.6) is 11.5 Å². The lowest BCUT2D eigenvalue weighted by atomic mass is 9.88. The fourth-order valence-corrected chi connectivity index (χ4v) is 3.08. The van der Waals surface area contributed by atoms with Crippen molar-refractivity contribution in [3.05, 3.63) is 36.4 Å². The summed E-state index contributed by atoms with van der Waals surface area (Å²) >= 11 is 0. The minimum Gasteiger partial charge on any atom is -0.504 e. The molecule has 2 atom stereocenters. The van der Waals surface area contributed by atoms with Crippen molar-refractivity contribution in [2.24, 2.45) is 0 Å². The second-order valence-electron chi connectivity index (χ2n) is 6.61. The Morgan fingerprint density at radius 3 is 2.36 bits per heavy atom. The van der Waals surface area contributed by atoms with Gasteiger partial charge in [0.2, 0.25) is 0 Å². The molecule has 2 unspecified atom stereocenters. The number of carbonyl (C=O) groups is 1. The van der Waals surface area contributed by atoms with E-state index in [4.69, 9.17) is 4.74 Å². The molecule has 25 heavy (non-hydrogen) atoms. The number of hydrogen-bond acceptors (Lipinski definition) is 4. The zero-order valence-corrected chi connectivity index (χ0v) is 15.5. The van der Waals surface area contributed by atoms with E-state index >= 15 is 0 Å². The molecular weight excluding hydrogens is 316 g/mol. The fraction of sp³-hybridized carbons (Fsp3) is 0.571. The Morgan fingerprint density at radius 1 is 1.12 bits per heavy atom. The second-order valence-corrected chi connectivity index (χ2v) is 6.61. The molecule has 140 valence electrons. The molecule has 0 saturated heterocycles. The highest BCUT2D eigenvalue weighted by Gasteiger charge is 2.23. The number of phenolic OH excluding ortho intramolecular Hbond substituents is 2. The van der Waals surface area contributed by atoms with Gasteiger partial charge in [0.25, 0.3) is 0 Å². The standard InChI is InChI=1S/C21H32O4/c1-4-6-7-8-9-10-11-12-18(16(3)25-21(24)5-2)17-13-14-19(22)20(23)15-17/h5,13-16,18,22-23H,2,4,6-12H2,1,3H3. The molecule has 0 aromatic heterocycles. The number of benzene rings is 1. The molecule has 1 aromatic carbocycles. The van der Waals surface area contributed by atoms with E-state index in [1.807, 2.05) is 6.92 Å². The van der Waals surface area contributed by atoms with Gasteiger partial charge in [-0.2, -0.15) is 0 Å². The molecule has 0 aliphatic carbocycles. The molecule has 4 nitrogen and oxygen atoms in total. The zero-order valence-electron chi connectivity index (χ0n) is 15.5. The maximum Gasteiger partial charge on any atom is 0.330 e. The van der Waals surface area contributed by atoms with Crippen molar-refractivity contribution in [1.29, 1.82) is 0 Å². The lowest BCUT2D eigenvalue weighted by Crippen LogP contribution is -2.22. The summed E-state index contributed by atoms with van der Waals surface area (Å²) in [7, 11) is 0. The maximum atomic E-state index is 11.5. The largest absolute Gasteiger partial charge is 0.504 e. The lowest BCUT2D eigenvalue weighted by molar-refractivity contribution is -0.143. The van der Waals surface area contributed by atoms with E-state index in [0.717, 1.165) is 30.9 Å². The van der Waals surface area contributed by atoms with Gasteiger partial charge < -0.3 is 14.9 Å². The second kappa shape index (κ2) is 11.6. The summed E-state index contributed by atoms with van der Waals surface area (Å²) in [5, 5.41) is 19.3. The first kappa shape index (κ1) is 21.1. The van der Waals surface area contributed by atoms with Gasteiger partial charge in [0.1, 0.15) is 6.10 Å². The van der Waals surface area contributed by atoms with Gasteiger partial charge >= 0.3 is 5.97 Å². The number of phenols is 2. The van der Waals surface area contributed by atoms with Crippen molar-refractivity contribution in [1.82, 2.24) is 0 Å². The normalized spacial score (nSPS) is 13.2. The third kappa shape index (κ3) is 7.63. The molecule has 4 heteroatoms. The van der Waals surface area contributed by atoms with E-state index in [1.165, 1.54) is 38.2 Å². The van der Waals surface area contributed by atoms with Crippen LogP contribution >= 0.6 is 0 Å². The third-order valence-corrected chi connectivity index (χ3v) is 4.58. The van der Waals surface area contributed by atoms with Gasteiger partial charge in [0.05, 0.1) is 0 Å². The molecule has 0 amide bonds. The van der Waals surface area contributed by atoms with Crippen molar-refractivity contribution >= 4 is 5.97 Å². The number of esters is 1. The van der Waals surface area contributed by atoms with Gasteiger partial charge in [-0.25, -0.2) is 4.79 Å². The molecular formula is C21H32O4. The van der Waals surface area contributed by atoms with E-state index in [-0.39, 0.29) is 23.5 Å². The molecule has 0 saturated carbocycles. The highest BCUT2D eigenvalue weighted by molar-refractivity contribution is 5.81. The summed E-state index contributed by atoms with van der Waals surface area (Å²) in [5.74, 6) is -0.760. The highest BCUT2D eigenvalue weighted by atomic mass is 16.5. The average molecular weight is 348 g/mol. The first-order valence-electron chi connectivity index (χ1n) is 9.34. The maximum absolute atomic E-state index is 11.5. The van der Waals surface area contributed by atoms with Crippen LogP contribution < -0.4 is 0 Å². The van der Waals surface area contributed by atoms with Gasteiger partial charge in [-0.05, 0) is 31.0 Å².